The van der Waals surface area contributed by atoms with Crippen LogP contribution in [0.3, 0.4) is 0 Å². The Hall–Kier alpha value is -2.46. The molecule has 28 heavy (non-hydrogen) atoms. The molecule has 1 unspecified atom stereocenters. The number of rotatable bonds is 5. The summed E-state index contributed by atoms with van der Waals surface area (Å²) in [5.74, 6) is -1.98. The van der Waals surface area contributed by atoms with Crippen LogP contribution in [0.1, 0.15) is 65.8 Å². The van der Waals surface area contributed by atoms with Gasteiger partial charge in [-0.15, -0.1) is 0 Å². The molecule has 0 aliphatic heterocycles. The number of hydrogen-bond donors (Lipinski definition) is 0. The summed E-state index contributed by atoms with van der Waals surface area (Å²) in [4.78, 5) is 38.2. The first-order valence-corrected chi connectivity index (χ1v) is 9.70. The lowest BCUT2D eigenvalue weighted by molar-refractivity contribution is -0.155. The van der Waals surface area contributed by atoms with Gasteiger partial charge >= 0.3 is 5.97 Å². The molecule has 0 saturated carbocycles. The van der Waals surface area contributed by atoms with E-state index in [2.05, 4.69) is 0 Å². The predicted molar refractivity (Wildman–Crippen MR) is 108 cm³/mol. The molecule has 4 nitrogen and oxygen atoms in total. The molecule has 1 aliphatic rings. The molecule has 0 heterocycles. The largest absolute Gasteiger partial charge is 0.460 e. The first kappa shape index (κ1) is 20.3. The van der Waals surface area contributed by atoms with Crippen molar-refractivity contribution in [2.75, 3.05) is 0 Å². The van der Waals surface area contributed by atoms with Crippen LogP contribution in [0.15, 0.2) is 48.5 Å². The van der Waals surface area contributed by atoms with Crippen LogP contribution in [0.2, 0.25) is 5.02 Å². The number of halogens is 1. The van der Waals surface area contributed by atoms with E-state index in [1.54, 1.807) is 36.4 Å². The molecule has 3 rings (SSSR count). The summed E-state index contributed by atoms with van der Waals surface area (Å²) >= 11 is 6.00. The third kappa shape index (κ3) is 4.33. The fraction of sp³-hybridized carbons (Fsp3) is 0.348. The fourth-order valence-electron chi connectivity index (χ4n) is 3.63. The molecule has 0 fully saturated rings. The van der Waals surface area contributed by atoms with Gasteiger partial charge in [-0.1, -0.05) is 48.0 Å². The van der Waals surface area contributed by atoms with Crippen LogP contribution in [-0.2, 0) is 9.53 Å². The van der Waals surface area contributed by atoms with Gasteiger partial charge in [0.2, 0.25) is 0 Å². The van der Waals surface area contributed by atoms with Crippen LogP contribution in [0, 0.1) is 5.92 Å². The normalized spacial score (nSPS) is 15.4. The molecule has 0 radical (unpaired) electrons. The van der Waals surface area contributed by atoms with E-state index in [1.807, 2.05) is 32.9 Å². The van der Waals surface area contributed by atoms with Gasteiger partial charge in [-0.25, -0.2) is 0 Å². The van der Waals surface area contributed by atoms with Crippen molar-refractivity contribution in [2.45, 2.75) is 45.1 Å². The molecule has 0 bridgehead atoms. The van der Waals surface area contributed by atoms with Crippen LogP contribution in [0.25, 0.3) is 0 Å². The summed E-state index contributed by atoms with van der Waals surface area (Å²) in [7, 11) is 0. The van der Waals surface area contributed by atoms with Crippen molar-refractivity contribution in [3.05, 3.63) is 70.2 Å². The maximum Gasteiger partial charge on any atom is 0.306 e. The van der Waals surface area contributed by atoms with Gasteiger partial charge in [0, 0.05) is 28.5 Å². The summed E-state index contributed by atoms with van der Waals surface area (Å²) in [6.07, 6.45) is 0.463. The molecule has 2 aromatic carbocycles. The van der Waals surface area contributed by atoms with Crippen LogP contribution >= 0.6 is 11.6 Å². The van der Waals surface area contributed by atoms with Crippen LogP contribution in [0.5, 0.6) is 0 Å². The maximum atomic E-state index is 13.0. The lowest BCUT2D eigenvalue weighted by Gasteiger charge is -2.24. The Balaban J connectivity index is 1.89. The smallest absolute Gasteiger partial charge is 0.306 e. The maximum absolute atomic E-state index is 13.0. The number of hydrogen-bond acceptors (Lipinski definition) is 4. The lowest BCUT2D eigenvalue weighted by Crippen LogP contribution is -2.27. The molecule has 0 aromatic heterocycles. The number of benzene rings is 2. The standard InChI is InChI=1S/C23H23ClO4/c1-23(2,3)28-19(25)13-12-16(14-8-10-15(24)11-9-14)20-21(26)17-6-4-5-7-18(17)22(20)27/h4-11,16,20H,12-13H2,1-3H3. The molecule has 5 heteroatoms. The van der Waals surface area contributed by atoms with E-state index >= 15 is 0 Å². The van der Waals surface area contributed by atoms with Crippen molar-refractivity contribution >= 4 is 29.1 Å². The van der Waals surface area contributed by atoms with Gasteiger partial charge in [0.05, 0.1) is 5.92 Å². The highest BCUT2D eigenvalue weighted by molar-refractivity contribution is 6.30. The van der Waals surface area contributed by atoms with Crippen molar-refractivity contribution < 1.29 is 19.1 Å². The SMILES string of the molecule is CC(C)(C)OC(=O)CCC(c1ccc(Cl)cc1)C1C(=O)c2ccccc2C1=O. The van der Waals surface area contributed by atoms with Gasteiger partial charge in [-0.3, -0.25) is 14.4 Å². The Kier molecular flexibility index (Phi) is 5.71. The molecular formula is C23H23ClO4. The average Bonchev–Trinajstić information content (AvgIpc) is 2.87. The first-order valence-electron chi connectivity index (χ1n) is 9.32. The molecule has 2 aromatic rings. The fourth-order valence-corrected chi connectivity index (χ4v) is 3.76. The predicted octanol–water partition coefficient (Wildman–Crippen LogP) is 5.24. The van der Waals surface area contributed by atoms with Gasteiger partial charge in [-0.05, 0) is 44.9 Å². The van der Waals surface area contributed by atoms with E-state index in [9.17, 15) is 14.4 Å². The number of ether oxygens (including phenoxy) is 1. The summed E-state index contributed by atoms with van der Waals surface area (Å²) in [6.45, 7) is 5.42. The minimum atomic E-state index is -0.832. The van der Waals surface area contributed by atoms with E-state index in [1.165, 1.54) is 0 Å². The van der Waals surface area contributed by atoms with E-state index in [-0.39, 0.29) is 24.0 Å². The van der Waals surface area contributed by atoms with Gasteiger partial charge < -0.3 is 4.74 Å². The number of Topliss-reactive ketones (excluding diaryl/α,β-unsaturated/α-hetero) is 2. The lowest BCUT2D eigenvalue weighted by atomic mass is 9.80. The molecule has 1 aliphatic carbocycles. The Labute approximate surface area is 169 Å². The summed E-state index contributed by atoms with van der Waals surface area (Å²) in [5.41, 5.74) is 1.14. The molecule has 0 amide bonds. The van der Waals surface area contributed by atoms with Crippen molar-refractivity contribution in [3.63, 3.8) is 0 Å². The molecule has 0 N–H and O–H groups in total. The Morgan fingerprint density at radius 3 is 2.04 bits per heavy atom. The third-order valence-electron chi connectivity index (χ3n) is 4.80. The molecule has 0 saturated heterocycles. The molecule has 0 spiro atoms. The number of carbonyl (C=O) groups is 3. The molecule has 1 atom stereocenters. The second-order valence-electron chi connectivity index (χ2n) is 8.03. The number of esters is 1. The first-order chi connectivity index (χ1) is 13.2. The monoisotopic (exact) mass is 398 g/mol. The zero-order chi connectivity index (χ0) is 20.5. The quantitative estimate of drug-likeness (QED) is 0.510. The zero-order valence-electron chi connectivity index (χ0n) is 16.2. The topological polar surface area (TPSA) is 60.4 Å². The van der Waals surface area contributed by atoms with Crippen molar-refractivity contribution in [3.8, 4) is 0 Å². The van der Waals surface area contributed by atoms with Gasteiger partial charge in [0.15, 0.2) is 11.6 Å². The third-order valence-corrected chi connectivity index (χ3v) is 5.05. The highest BCUT2D eigenvalue weighted by Crippen LogP contribution is 2.39. The van der Waals surface area contributed by atoms with Crippen molar-refractivity contribution in [1.29, 1.82) is 0 Å². The second-order valence-corrected chi connectivity index (χ2v) is 8.47. The van der Waals surface area contributed by atoms with Crippen molar-refractivity contribution in [2.24, 2.45) is 5.92 Å². The molecule has 146 valence electrons. The average molecular weight is 399 g/mol. The summed E-state index contributed by atoms with van der Waals surface area (Å²) in [5, 5.41) is 0.571. The highest BCUT2D eigenvalue weighted by atomic mass is 35.5. The number of ketones is 2. The van der Waals surface area contributed by atoms with Gasteiger partial charge in [0.1, 0.15) is 5.60 Å². The van der Waals surface area contributed by atoms with Crippen LogP contribution in [-0.4, -0.2) is 23.1 Å². The Morgan fingerprint density at radius 2 is 1.54 bits per heavy atom. The van der Waals surface area contributed by atoms with Crippen LogP contribution in [0.4, 0.5) is 0 Å². The number of fused-ring (bicyclic) bond motifs is 1. The minimum Gasteiger partial charge on any atom is -0.460 e. The minimum absolute atomic E-state index is 0.123. The van der Waals surface area contributed by atoms with Gasteiger partial charge in [0.25, 0.3) is 0 Å². The highest BCUT2D eigenvalue weighted by Gasteiger charge is 2.43. The number of carbonyl (C=O) groups excluding carboxylic acids is 3. The Morgan fingerprint density at radius 1 is 1.00 bits per heavy atom. The van der Waals surface area contributed by atoms with E-state index in [4.69, 9.17) is 16.3 Å². The van der Waals surface area contributed by atoms with E-state index in [0.29, 0.717) is 22.6 Å². The van der Waals surface area contributed by atoms with Crippen molar-refractivity contribution in [1.82, 2.24) is 0 Å². The summed E-state index contributed by atoms with van der Waals surface area (Å²) < 4.78 is 5.39. The van der Waals surface area contributed by atoms with Crippen LogP contribution < -0.4 is 0 Å². The second kappa shape index (κ2) is 7.88. The molecular weight excluding hydrogens is 376 g/mol. The van der Waals surface area contributed by atoms with E-state index in [0.717, 1.165) is 5.56 Å². The zero-order valence-corrected chi connectivity index (χ0v) is 17.0. The van der Waals surface area contributed by atoms with E-state index < -0.39 is 17.4 Å². The Bertz CT molecular complexity index is 874. The van der Waals surface area contributed by atoms with Gasteiger partial charge in [-0.2, -0.15) is 0 Å². The summed E-state index contributed by atoms with van der Waals surface area (Å²) in [6, 6.07) is 14.0.